The molecule has 4 aromatic rings. The first-order chi connectivity index (χ1) is 23.0. The summed E-state index contributed by atoms with van der Waals surface area (Å²) in [5, 5.41) is 17.0. The molecule has 0 spiro atoms. The maximum Gasteiger partial charge on any atom is 0.297 e. The van der Waals surface area contributed by atoms with E-state index < -0.39 is 0 Å². The third-order valence-electron chi connectivity index (χ3n) is 10.6. The third-order valence-corrected chi connectivity index (χ3v) is 11.8. The zero-order valence-corrected chi connectivity index (χ0v) is 30.0. The topological polar surface area (TPSA) is 123 Å². The van der Waals surface area contributed by atoms with Crippen LogP contribution in [-0.2, 0) is 22.6 Å². The molecule has 254 valence electrons. The normalized spacial score (nSPS) is 20.6. The predicted octanol–water partition coefficient (Wildman–Crippen LogP) is 5.87. The van der Waals surface area contributed by atoms with Crippen molar-refractivity contribution in [2.75, 3.05) is 26.4 Å². The molecule has 0 radical (unpaired) electrons. The summed E-state index contributed by atoms with van der Waals surface area (Å²) in [7, 11) is 0. The fourth-order valence-electron chi connectivity index (χ4n) is 7.83. The molecule has 47 heavy (non-hydrogen) atoms. The minimum atomic E-state index is -0.0444. The maximum atomic E-state index is 12.9. The first kappa shape index (κ1) is 33.1. The molecule has 0 aromatic carbocycles. The number of rotatable bonds is 6. The van der Waals surface area contributed by atoms with Gasteiger partial charge in [0.25, 0.3) is 11.1 Å². The fourth-order valence-corrected chi connectivity index (χ4v) is 8.85. The van der Waals surface area contributed by atoms with E-state index in [-0.39, 0.29) is 11.1 Å². The first-order valence-corrected chi connectivity index (χ1v) is 19.0. The molecule has 0 N–H and O–H groups in total. The number of aromatic nitrogens is 8. The molecule has 4 aliphatic rings. The summed E-state index contributed by atoms with van der Waals surface area (Å²) in [5.74, 6) is 3.59. The van der Waals surface area contributed by atoms with Gasteiger partial charge in [-0.3, -0.25) is 27.5 Å². The Balaban J connectivity index is 0.000000150. The van der Waals surface area contributed by atoms with E-state index in [2.05, 4.69) is 52.3 Å². The van der Waals surface area contributed by atoms with Crippen molar-refractivity contribution in [3.8, 4) is 0 Å². The monoisotopic (exact) mass is 774 g/mol. The van der Waals surface area contributed by atoms with Gasteiger partial charge in [-0.15, -0.1) is 20.4 Å². The Morgan fingerprint density at radius 2 is 0.957 bits per heavy atom. The van der Waals surface area contributed by atoms with E-state index in [1.807, 2.05) is 30.3 Å². The third kappa shape index (κ3) is 7.16. The molecule has 6 heterocycles. The summed E-state index contributed by atoms with van der Waals surface area (Å²) in [4.78, 5) is 25.7. The van der Waals surface area contributed by atoms with Gasteiger partial charge in [-0.25, -0.2) is 0 Å². The molecule has 0 bridgehead atoms. The van der Waals surface area contributed by atoms with E-state index in [1.54, 1.807) is 0 Å². The van der Waals surface area contributed by atoms with Crippen LogP contribution in [0.5, 0.6) is 0 Å². The molecule has 0 unspecified atom stereocenters. The molecule has 14 heteroatoms. The van der Waals surface area contributed by atoms with E-state index in [0.717, 1.165) is 86.1 Å². The molecule has 2 aliphatic carbocycles. The van der Waals surface area contributed by atoms with E-state index >= 15 is 0 Å². The number of hydrogen-bond donors (Lipinski definition) is 0. The van der Waals surface area contributed by atoms with Crippen LogP contribution < -0.4 is 11.1 Å². The van der Waals surface area contributed by atoms with Crippen molar-refractivity contribution < 1.29 is 9.47 Å². The molecule has 8 rings (SSSR count). The van der Waals surface area contributed by atoms with Gasteiger partial charge in [0.1, 0.15) is 20.9 Å². The summed E-state index contributed by atoms with van der Waals surface area (Å²) in [6.07, 6.45) is 18.9. The van der Waals surface area contributed by atoms with E-state index in [4.69, 9.17) is 9.47 Å². The van der Waals surface area contributed by atoms with Crippen molar-refractivity contribution in [2.45, 2.75) is 108 Å². The van der Waals surface area contributed by atoms with Crippen molar-refractivity contribution in [3.05, 3.63) is 54.0 Å². The zero-order valence-electron chi connectivity index (χ0n) is 26.9. The van der Waals surface area contributed by atoms with Gasteiger partial charge in [-0.05, 0) is 95.1 Å². The largest absolute Gasteiger partial charge is 0.381 e. The van der Waals surface area contributed by atoms with Crippen molar-refractivity contribution in [3.63, 3.8) is 0 Å². The van der Waals surface area contributed by atoms with Gasteiger partial charge in [-0.1, -0.05) is 32.1 Å². The van der Waals surface area contributed by atoms with Gasteiger partial charge in [0, 0.05) is 63.7 Å². The number of halogens is 2. The van der Waals surface area contributed by atoms with Crippen molar-refractivity contribution in [2.24, 2.45) is 11.8 Å². The van der Waals surface area contributed by atoms with Crippen LogP contribution in [0.1, 0.15) is 107 Å². The lowest BCUT2D eigenvalue weighted by atomic mass is 9.89. The molecule has 2 saturated heterocycles. The van der Waals surface area contributed by atoms with Gasteiger partial charge < -0.3 is 9.47 Å². The maximum absolute atomic E-state index is 12.9. The highest BCUT2D eigenvalue weighted by atomic mass is 79.9. The van der Waals surface area contributed by atoms with Crippen LogP contribution in [0.15, 0.2) is 31.2 Å². The Bertz CT molecular complexity index is 1790. The second-order valence-corrected chi connectivity index (χ2v) is 15.3. The van der Waals surface area contributed by atoms with Crippen LogP contribution in [0, 0.1) is 11.8 Å². The molecule has 0 atom stereocenters. The summed E-state index contributed by atoms with van der Waals surface area (Å²) in [6.45, 7) is 4.54. The quantitative estimate of drug-likeness (QED) is 0.239. The van der Waals surface area contributed by atoms with E-state index in [0.29, 0.717) is 35.0 Å². The Morgan fingerprint density at radius 1 is 0.574 bits per heavy atom. The van der Waals surface area contributed by atoms with Crippen molar-refractivity contribution >= 4 is 43.2 Å². The smallest absolute Gasteiger partial charge is 0.297 e. The molecule has 4 fully saturated rings. The van der Waals surface area contributed by atoms with Crippen LogP contribution in [0.3, 0.4) is 0 Å². The van der Waals surface area contributed by atoms with Gasteiger partial charge >= 0.3 is 0 Å². The molecule has 0 amide bonds. The predicted molar refractivity (Wildman–Crippen MR) is 184 cm³/mol. The van der Waals surface area contributed by atoms with Crippen LogP contribution in [0.2, 0.25) is 0 Å². The second kappa shape index (κ2) is 15.0. The van der Waals surface area contributed by atoms with Crippen LogP contribution in [0.4, 0.5) is 0 Å². The SMILES string of the molecule is O=c1c2nnc(C3CCOCC3)n2cc(Br)n1CC1CCCC1.O=c1c2nnc(C3CCOCC3)n2cc(Br)n1CC1CCCCC1. The van der Waals surface area contributed by atoms with Crippen LogP contribution in [-0.4, -0.2) is 64.8 Å². The van der Waals surface area contributed by atoms with Crippen LogP contribution >= 0.6 is 31.9 Å². The minimum absolute atomic E-state index is 0.0410. The molecule has 12 nitrogen and oxygen atoms in total. The molecular formula is C33H44Br2N8O4. The fraction of sp³-hybridized carbons (Fsp3) is 0.697. The van der Waals surface area contributed by atoms with Crippen LogP contribution in [0.25, 0.3) is 11.3 Å². The van der Waals surface area contributed by atoms with Gasteiger partial charge in [-0.2, -0.15) is 0 Å². The number of fused-ring (bicyclic) bond motifs is 2. The minimum Gasteiger partial charge on any atom is -0.381 e. The van der Waals surface area contributed by atoms with E-state index in [1.165, 1.54) is 57.8 Å². The second-order valence-electron chi connectivity index (χ2n) is 13.7. The lowest BCUT2D eigenvalue weighted by molar-refractivity contribution is 0.0833. The highest BCUT2D eigenvalue weighted by Gasteiger charge is 2.26. The Morgan fingerprint density at radius 3 is 1.36 bits per heavy atom. The standard InChI is InChI=1S/C17H23BrN4O2.C16H21BrN4O2/c18-14-11-22-15(13-6-8-24-9-7-13)19-20-16(22)17(23)21(14)10-12-4-2-1-3-5-12;17-13-10-21-14(12-5-7-23-8-6-12)18-19-15(21)16(22)20(13)9-11-3-1-2-4-11/h11-13H,1-10H2;10-12H,1-9H2. The average Bonchev–Trinajstić information content (AvgIpc) is 3.87. The van der Waals surface area contributed by atoms with Crippen molar-refractivity contribution in [1.29, 1.82) is 0 Å². The molecular weight excluding hydrogens is 732 g/mol. The van der Waals surface area contributed by atoms with Crippen molar-refractivity contribution in [1.82, 2.24) is 38.3 Å². The highest BCUT2D eigenvalue weighted by molar-refractivity contribution is 9.10. The molecule has 2 aliphatic heterocycles. The summed E-state index contributed by atoms with van der Waals surface area (Å²) in [5.41, 5.74) is 0.793. The Kier molecular flexibility index (Phi) is 10.6. The number of nitrogens with zero attached hydrogens (tertiary/aromatic N) is 8. The zero-order chi connectivity index (χ0) is 32.3. The molecule has 2 saturated carbocycles. The van der Waals surface area contributed by atoms with Gasteiger partial charge in [0.2, 0.25) is 11.3 Å². The van der Waals surface area contributed by atoms with E-state index in [9.17, 15) is 9.59 Å². The summed E-state index contributed by atoms with van der Waals surface area (Å²) < 4.78 is 19.9. The first-order valence-electron chi connectivity index (χ1n) is 17.4. The van der Waals surface area contributed by atoms with Gasteiger partial charge in [0.15, 0.2) is 0 Å². The average molecular weight is 777 g/mol. The molecule has 4 aromatic heterocycles. The Labute approximate surface area is 290 Å². The lowest BCUT2D eigenvalue weighted by Gasteiger charge is -2.23. The summed E-state index contributed by atoms with van der Waals surface area (Å²) in [6, 6.07) is 0. The summed E-state index contributed by atoms with van der Waals surface area (Å²) >= 11 is 7.18. The highest BCUT2D eigenvalue weighted by Crippen LogP contribution is 2.30. The number of hydrogen-bond acceptors (Lipinski definition) is 8. The Hall–Kier alpha value is -2.42. The number of ether oxygens (including phenoxy) is 2. The van der Waals surface area contributed by atoms with Gasteiger partial charge in [0.05, 0.1) is 0 Å². The lowest BCUT2D eigenvalue weighted by Crippen LogP contribution is -2.28.